The smallest absolute Gasteiger partial charge is 0.410 e. The van der Waals surface area contributed by atoms with Crippen molar-refractivity contribution in [2.45, 2.75) is 71.6 Å². The zero-order chi connectivity index (χ0) is 18.3. The zero-order valence-electron chi connectivity index (χ0n) is 16.3. The molecular formula is C21H34N2O2. The van der Waals surface area contributed by atoms with Gasteiger partial charge in [-0.3, -0.25) is 0 Å². The fraction of sp³-hybridized carbons (Fsp3) is 0.667. The highest BCUT2D eigenvalue weighted by molar-refractivity contribution is 5.68. The molecule has 1 aromatic rings. The zero-order valence-corrected chi connectivity index (χ0v) is 16.3. The first-order chi connectivity index (χ1) is 11.8. The first kappa shape index (κ1) is 19.8. The summed E-state index contributed by atoms with van der Waals surface area (Å²) >= 11 is 0. The summed E-state index contributed by atoms with van der Waals surface area (Å²) in [5.41, 5.74) is 0.895. The summed E-state index contributed by atoms with van der Waals surface area (Å²) in [4.78, 5) is 14.3. The van der Waals surface area contributed by atoms with E-state index in [2.05, 4.69) is 42.6 Å². The van der Waals surface area contributed by atoms with Crippen LogP contribution in [0.1, 0.15) is 58.9 Å². The summed E-state index contributed by atoms with van der Waals surface area (Å²) in [6, 6.07) is 11.1. The lowest BCUT2D eigenvalue weighted by Crippen LogP contribution is -2.38. The first-order valence-corrected chi connectivity index (χ1v) is 9.59. The van der Waals surface area contributed by atoms with Crippen LogP contribution in [0.15, 0.2) is 30.3 Å². The average molecular weight is 347 g/mol. The Morgan fingerprint density at radius 2 is 1.92 bits per heavy atom. The number of benzene rings is 1. The number of nitrogens with zero attached hydrogens (tertiary/aromatic N) is 1. The molecule has 1 aliphatic heterocycles. The monoisotopic (exact) mass is 346 g/mol. The molecule has 2 rings (SSSR count). The second kappa shape index (κ2) is 9.23. The Morgan fingerprint density at radius 1 is 1.20 bits per heavy atom. The van der Waals surface area contributed by atoms with Gasteiger partial charge in [-0.2, -0.15) is 0 Å². The fourth-order valence-corrected chi connectivity index (χ4v) is 3.29. The Hall–Kier alpha value is -1.55. The maximum Gasteiger partial charge on any atom is 0.410 e. The van der Waals surface area contributed by atoms with Crippen molar-refractivity contribution in [2.24, 2.45) is 5.92 Å². The summed E-state index contributed by atoms with van der Waals surface area (Å²) in [6.07, 6.45) is 4.13. The third kappa shape index (κ3) is 7.47. The van der Waals surface area contributed by atoms with Gasteiger partial charge in [0, 0.05) is 25.7 Å². The Morgan fingerprint density at radius 3 is 2.60 bits per heavy atom. The minimum absolute atomic E-state index is 0.171. The lowest BCUT2D eigenvalue weighted by molar-refractivity contribution is 0.0242. The highest BCUT2D eigenvalue weighted by Gasteiger charge is 2.24. The molecule has 0 saturated carbocycles. The molecule has 1 fully saturated rings. The summed E-state index contributed by atoms with van der Waals surface area (Å²) in [5, 5.41) is 3.71. The van der Waals surface area contributed by atoms with E-state index in [1.165, 1.54) is 5.56 Å². The van der Waals surface area contributed by atoms with Crippen molar-refractivity contribution in [3.63, 3.8) is 0 Å². The van der Waals surface area contributed by atoms with Gasteiger partial charge in [0.2, 0.25) is 0 Å². The predicted molar refractivity (Wildman–Crippen MR) is 103 cm³/mol. The molecule has 0 spiro atoms. The van der Waals surface area contributed by atoms with E-state index in [-0.39, 0.29) is 6.09 Å². The van der Waals surface area contributed by atoms with E-state index in [0.29, 0.717) is 12.0 Å². The number of carbonyl (C=O) groups excluding carboxylic acids is 1. The van der Waals surface area contributed by atoms with Crippen LogP contribution in [0.3, 0.4) is 0 Å². The molecule has 1 aliphatic rings. The molecule has 1 N–H and O–H groups in total. The first-order valence-electron chi connectivity index (χ1n) is 9.59. The SMILES string of the molecule is C[C@H]1CCN(C(=O)OC(C)(C)C)CCC[C@H](NCc2ccccc2)C1. The van der Waals surface area contributed by atoms with Crippen LogP contribution in [0, 0.1) is 5.92 Å². The Bertz CT molecular complexity index is 524. The van der Waals surface area contributed by atoms with E-state index < -0.39 is 5.60 Å². The van der Waals surface area contributed by atoms with Gasteiger partial charge in [0.25, 0.3) is 0 Å². The van der Waals surface area contributed by atoms with Crippen molar-refractivity contribution >= 4 is 6.09 Å². The molecule has 4 heteroatoms. The van der Waals surface area contributed by atoms with Gasteiger partial charge in [0.1, 0.15) is 5.60 Å². The van der Waals surface area contributed by atoms with E-state index in [4.69, 9.17) is 4.74 Å². The van der Waals surface area contributed by atoms with Gasteiger partial charge < -0.3 is 15.0 Å². The molecule has 2 atom stereocenters. The second-order valence-corrected chi connectivity index (χ2v) is 8.30. The molecule has 140 valence electrons. The maximum atomic E-state index is 12.4. The van der Waals surface area contributed by atoms with Crippen molar-refractivity contribution in [1.82, 2.24) is 10.2 Å². The molecular weight excluding hydrogens is 312 g/mol. The molecule has 1 heterocycles. The molecule has 0 aromatic heterocycles. The van der Waals surface area contributed by atoms with Crippen LogP contribution in [-0.4, -0.2) is 35.7 Å². The van der Waals surface area contributed by atoms with Gasteiger partial charge in [-0.05, 0) is 57.9 Å². The number of nitrogens with one attached hydrogen (secondary N) is 1. The van der Waals surface area contributed by atoms with E-state index in [0.717, 1.165) is 45.3 Å². The standard InChI is InChI=1S/C21H34N2O2/c1-17-12-14-23(20(24)25-21(2,3)4)13-8-11-19(15-17)22-16-18-9-6-5-7-10-18/h5-7,9-10,17,19,22H,8,11-16H2,1-4H3/t17-,19-/m0/s1. The second-order valence-electron chi connectivity index (χ2n) is 8.30. The minimum Gasteiger partial charge on any atom is -0.444 e. The summed E-state index contributed by atoms with van der Waals surface area (Å²) in [5.74, 6) is 0.594. The molecule has 0 bridgehead atoms. The van der Waals surface area contributed by atoms with Crippen molar-refractivity contribution < 1.29 is 9.53 Å². The molecule has 0 aliphatic carbocycles. The van der Waals surface area contributed by atoms with E-state index in [1.807, 2.05) is 25.7 Å². The highest BCUT2D eigenvalue weighted by atomic mass is 16.6. The predicted octanol–water partition coefficient (Wildman–Crippen LogP) is 4.59. The summed E-state index contributed by atoms with van der Waals surface area (Å²) < 4.78 is 5.55. The van der Waals surface area contributed by atoms with Gasteiger partial charge in [0.15, 0.2) is 0 Å². The number of carbonyl (C=O) groups is 1. The van der Waals surface area contributed by atoms with Crippen LogP contribution in [0.2, 0.25) is 0 Å². The summed E-state index contributed by atoms with van der Waals surface area (Å²) in [6.45, 7) is 10.5. The molecule has 1 amide bonds. The van der Waals surface area contributed by atoms with Crippen LogP contribution in [-0.2, 0) is 11.3 Å². The number of rotatable bonds is 3. The lowest BCUT2D eigenvalue weighted by Gasteiger charge is -2.27. The third-order valence-electron chi connectivity index (χ3n) is 4.65. The van der Waals surface area contributed by atoms with Crippen molar-refractivity contribution in [3.8, 4) is 0 Å². The molecule has 0 radical (unpaired) electrons. The van der Waals surface area contributed by atoms with Gasteiger partial charge >= 0.3 is 6.09 Å². The fourth-order valence-electron chi connectivity index (χ4n) is 3.29. The molecule has 0 unspecified atom stereocenters. The van der Waals surface area contributed by atoms with E-state index in [1.54, 1.807) is 0 Å². The minimum atomic E-state index is -0.430. The molecule has 25 heavy (non-hydrogen) atoms. The topological polar surface area (TPSA) is 41.6 Å². The maximum absolute atomic E-state index is 12.4. The Balaban J connectivity index is 1.87. The Kier molecular flexibility index (Phi) is 7.30. The van der Waals surface area contributed by atoms with Crippen LogP contribution in [0.4, 0.5) is 4.79 Å². The number of hydrogen-bond acceptors (Lipinski definition) is 3. The Labute approximate surface area is 152 Å². The van der Waals surface area contributed by atoms with Crippen molar-refractivity contribution in [2.75, 3.05) is 13.1 Å². The van der Waals surface area contributed by atoms with E-state index in [9.17, 15) is 4.79 Å². The van der Waals surface area contributed by atoms with Crippen LogP contribution in [0.25, 0.3) is 0 Å². The van der Waals surface area contributed by atoms with Crippen LogP contribution >= 0.6 is 0 Å². The average Bonchev–Trinajstić information content (AvgIpc) is 2.63. The number of amides is 1. The van der Waals surface area contributed by atoms with Crippen molar-refractivity contribution in [3.05, 3.63) is 35.9 Å². The lowest BCUT2D eigenvalue weighted by atomic mass is 9.96. The quantitative estimate of drug-likeness (QED) is 0.870. The van der Waals surface area contributed by atoms with Gasteiger partial charge in [-0.15, -0.1) is 0 Å². The van der Waals surface area contributed by atoms with Gasteiger partial charge in [-0.25, -0.2) is 4.79 Å². The molecule has 1 aromatic carbocycles. The molecule has 4 nitrogen and oxygen atoms in total. The van der Waals surface area contributed by atoms with Gasteiger partial charge in [-0.1, -0.05) is 37.3 Å². The number of hydrogen-bond donors (Lipinski definition) is 1. The number of ether oxygens (including phenoxy) is 1. The normalized spacial score (nSPS) is 22.6. The highest BCUT2D eigenvalue weighted by Crippen LogP contribution is 2.20. The van der Waals surface area contributed by atoms with Crippen molar-refractivity contribution in [1.29, 1.82) is 0 Å². The largest absolute Gasteiger partial charge is 0.444 e. The third-order valence-corrected chi connectivity index (χ3v) is 4.65. The van der Waals surface area contributed by atoms with Gasteiger partial charge in [0.05, 0.1) is 0 Å². The van der Waals surface area contributed by atoms with E-state index >= 15 is 0 Å². The van der Waals surface area contributed by atoms with Crippen LogP contribution < -0.4 is 5.32 Å². The molecule has 1 saturated heterocycles. The summed E-state index contributed by atoms with van der Waals surface area (Å²) in [7, 11) is 0. The van der Waals surface area contributed by atoms with Crippen LogP contribution in [0.5, 0.6) is 0 Å².